The van der Waals surface area contributed by atoms with Crippen LogP contribution < -0.4 is 5.32 Å². The van der Waals surface area contributed by atoms with E-state index in [0.717, 1.165) is 21.7 Å². The highest BCUT2D eigenvalue weighted by Crippen LogP contribution is 2.31. The molecular weight excluding hydrogens is 278 g/mol. The van der Waals surface area contributed by atoms with Gasteiger partial charge in [0, 0.05) is 16.0 Å². The average Bonchev–Trinajstić information content (AvgIpc) is 2.89. The second kappa shape index (κ2) is 4.82. The highest BCUT2D eigenvalue weighted by Gasteiger charge is 2.08. The highest BCUT2D eigenvalue weighted by atomic mass is 32.1. The molecule has 102 valence electrons. The number of thiophene rings is 1. The second-order valence-corrected chi connectivity index (χ2v) is 6.18. The molecule has 0 aliphatic rings. The third kappa shape index (κ3) is 2.14. The average molecular weight is 291 g/mol. The van der Waals surface area contributed by atoms with E-state index in [2.05, 4.69) is 70.7 Å². The maximum atomic E-state index is 4.41. The van der Waals surface area contributed by atoms with Gasteiger partial charge < -0.3 is 5.32 Å². The van der Waals surface area contributed by atoms with Crippen molar-refractivity contribution in [3.8, 4) is 0 Å². The van der Waals surface area contributed by atoms with Crippen LogP contribution in [0.4, 0.5) is 11.5 Å². The van der Waals surface area contributed by atoms with Crippen molar-refractivity contribution in [2.45, 2.75) is 6.92 Å². The van der Waals surface area contributed by atoms with Gasteiger partial charge >= 0.3 is 0 Å². The maximum Gasteiger partial charge on any atom is 0.142 e. The fourth-order valence-corrected chi connectivity index (χ4v) is 3.38. The van der Waals surface area contributed by atoms with Crippen molar-refractivity contribution in [2.75, 3.05) is 5.32 Å². The molecule has 0 amide bonds. The summed E-state index contributed by atoms with van der Waals surface area (Å²) >= 11 is 1.69. The molecule has 4 heteroatoms. The van der Waals surface area contributed by atoms with Crippen LogP contribution in [0.5, 0.6) is 0 Å². The van der Waals surface area contributed by atoms with Gasteiger partial charge in [0.25, 0.3) is 0 Å². The van der Waals surface area contributed by atoms with Crippen LogP contribution in [0.2, 0.25) is 0 Å². The van der Waals surface area contributed by atoms with E-state index in [1.165, 1.54) is 15.6 Å². The molecule has 0 atom stereocenters. The standard InChI is InChI=1S/C17H13N3S/c1-11-9-14-16(18-10-19-17(14)21-11)20-15-8-4-6-12-5-2-3-7-13(12)15/h2-10H,1H3,(H,18,19,20). The Kier molecular flexibility index (Phi) is 2.82. The Morgan fingerprint density at radius 2 is 1.81 bits per heavy atom. The fourth-order valence-electron chi connectivity index (χ4n) is 2.54. The van der Waals surface area contributed by atoms with Crippen molar-refractivity contribution in [3.63, 3.8) is 0 Å². The minimum Gasteiger partial charge on any atom is -0.339 e. The van der Waals surface area contributed by atoms with Crippen LogP contribution in [0.1, 0.15) is 4.88 Å². The summed E-state index contributed by atoms with van der Waals surface area (Å²) in [5.41, 5.74) is 1.07. The lowest BCUT2D eigenvalue weighted by molar-refractivity contribution is 1.23. The first-order chi connectivity index (χ1) is 10.3. The number of nitrogens with one attached hydrogen (secondary N) is 1. The molecule has 0 saturated heterocycles. The van der Waals surface area contributed by atoms with E-state index >= 15 is 0 Å². The molecule has 0 bridgehead atoms. The summed E-state index contributed by atoms with van der Waals surface area (Å²) in [4.78, 5) is 11.0. The van der Waals surface area contributed by atoms with Gasteiger partial charge in [0.05, 0.1) is 5.39 Å². The summed E-state index contributed by atoms with van der Waals surface area (Å²) in [6, 6.07) is 16.7. The molecule has 0 unspecified atom stereocenters. The van der Waals surface area contributed by atoms with Crippen LogP contribution in [0.25, 0.3) is 21.0 Å². The van der Waals surface area contributed by atoms with Crippen LogP contribution in [-0.4, -0.2) is 9.97 Å². The number of rotatable bonds is 2. The number of fused-ring (bicyclic) bond motifs is 2. The Hall–Kier alpha value is -2.46. The van der Waals surface area contributed by atoms with Gasteiger partial charge in [0.15, 0.2) is 0 Å². The minimum atomic E-state index is 0.862. The molecule has 0 saturated carbocycles. The Labute approximate surface area is 126 Å². The summed E-state index contributed by atoms with van der Waals surface area (Å²) in [5, 5.41) is 6.95. The molecule has 3 nitrogen and oxygen atoms in total. The largest absolute Gasteiger partial charge is 0.339 e. The minimum absolute atomic E-state index is 0.862. The molecule has 0 aliphatic carbocycles. The molecule has 0 fully saturated rings. The third-order valence-corrected chi connectivity index (χ3v) is 4.45. The van der Waals surface area contributed by atoms with Crippen molar-refractivity contribution >= 4 is 43.8 Å². The Balaban J connectivity index is 1.87. The number of nitrogens with zero attached hydrogens (tertiary/aromatic N) is 2. The van der Waals surface area contributed by atoms with Gasteiger partial charge in [-0.25, -0.2) is 9.97 Å². The monoisotopic (exact) mass is 291 g/mol. The highest BCUT2D eigenvalue weighted by molar-refractivity contribution is 7.18. The van der Waals surface area contributed by atoms with E-state index < -0.39 is 0 Å². The van der Waals surface area contributed by atoms with E-state index in [4.69, 9.17) is 0 Å². The normalized spacial score (nSPS) is 11.1. The van der Waals surface area contributed by atoms with Gasteiger partial charge in [-0.1, -0.05) is 36.4 Å². The Morgan fingerprint density at radius 3 is 2.76 bits per heavy atom. The van der Waals surface area contributed by atoms with E-state index in [0.29, 0.717) is 0 Å². The predicted octanol–water partition coefficient (Wildman–Crippen LogP) is 4.90. The van der Waals surface area contributed by atoms with Crippen LogP contribution in [0.3, 0.4) is 0 Å². The fraction of sp³-hybridized carbons (Fsp3) is 0.0588. The lowest BCUT2D eigenvalue weighted by atomic mass is 10.1. The predicted molar refractivity (Wildman–Crippen MR) is 89.4 cm³/mol. The maximum absolute atomic E-state index is 4.41. The van der Waals surface area contributed by atoms with Crippen LogP contribution in [0.15, 0.2) is 54.9 Å². The van der Waals surface area contributed by atoms with Gasteiger partial charge in [-0.3, -0.25) is 0 Å². The van der Waals surface area contributed by atoms with Crippen LogP contribution >= 0.6 is 11.3 Å². The first-order valence-electron chi connectivity index (χ1n) is 6.77. The van der Waals surface area contributed by atoms with Crippen LogP contribution in [0, 0.1) is 6.92 Å². The van der Waals surface area contributed by atoms with E-state index in [1.807, 2.05) is 0 Å². The van der Waals surface area contributed by atoms with Crippen molar-refractivity contribution in [2.24, 2.45) is 0 Å². The number of aromatic nitrogens is 2. The summed E-state index contributed by atoms with van der Waals surface area (Å²) in [6.07, 6.45) is 1.62. The second-order valence-electron chi connectivity index (χ2n) is 4.95. The van der Waals surface area contributed by atoms with E-state index in [-0.39, 0.29) is 0 Å². The SMILES string of the molecule is Cc1cc2c(Nc3cccc4ccccc34)ncnc2s1. The van der Waals surface area contributed by atoms with Gasteiger partial charge in [0.2, 0.25) is 0 Å². The van der Waals surface area contributed by atoms with Gasteiger partial charge in [-0.15, -0.1) is 11.3 Å². The van der Waals surface area contributed by atoms with Crippen molar-refractivity contribution in [1.29, 1.82) is 0 Å². The molecule has 0 spiro atoms. The molecular formula is C17H13N3S. The zero-order valence-corrected chi connectivity index (χ0v) is 12.3. The Bertz CT molecular complexity index is 938. The first-order valence-corrected chi connectivity index (χ1v) is 7.59. The van der Waals surface area contributed by atoms with Crippen molar-refractivity contribution < 1.29 is 0 Å². The lowest BCUT2D eigenvalue weighted by Crippen LogP contribution is -1.95. The molecule has 4 rings (SSSR count). The number of anilines is 2. The topological polar surface area (TPSA) is 37.8 Å². The molecule has 4 aromatic rings. The van der Waals surface area contributed by atoms with Crippen molar-refractivity contribution in [1.82, 2.24) is 9.97 Å². The summed E-state index contributed by atoms with van der Waals surface area (Å²) in [5.74, 6) is 0.862. The number of hydrogen-bond acceptors (Lipinski definition) is 4. The van der Waals surface area contributed by atoms with Crippen LogP contribution in [-0.2, 0) is 0 Å². The number of hydrogen-bond donors (Lipinski definition) is 1. The number of benzene rings is 2. The molecule has 2 aromatic carbocycles. The Morgan fingerprint density at radius 1 is 0.952 bits per heavy atom. The van der Waals surface area contributed by atoms with Gasteiger partial charge in [-0.2, -0.15) is 0 Å². The molecule has 0 radical (unpaired) electrons. The van der Waals surface area contributed by atoms with Gasteiger partial charge in [-0.05, 0) is 24.4 Å². The van der Waals surface area contributed by atoms with Gasteiger partial charge in [0.1, 0.15) is 17.0 Å². The molecule has 21 heavy (non-hydrogen) atoms. The quantitative estimate of drug-likeness (QED) is 0.571. The zero-order valence-electron chi connectivity index (χ0n) is 11.5. The van der Waals surface area contributed by atoms with Crippen molar-refractivity contribution in [3.05, 3.63) is 59.7 Å². The zero-order chi connectivity index (χ0) is 14.2. The third-order valence-electron chi connectivity index (χ3n) is 3.50. The van der Waals surface area contributed by atoms with E-state index in [1.54, 1.807) is 17.7 Å². The summed E-state index contributed by atoms with van der Waals surface area (Å²) < 4.78 is 0. The summed E-state index contributed by atoms with van der Waals surface area (Å²) in [6.45, 7) is 2.09. The molecule has 1 N–H and O–H groups in total. The smallest absolute Gasteiger partial charge is 0.142 e. The summed E-state index contributed by atoms with van der Waals surface area (Å²) in [7, 11) is 0. The lowest BCUT2D eigenvalue weighted by Gasteiger charge is -2.09. The molecule has 0 aliphatic heterocycles. The van der Waals surface area contributed by atoms with E-state index in [9.17, 15) is 0 Å². The first kappa shape index (κ1) is 12.3. The molecule has 2 aromatic heterocycles. The number of aryl methyl sites for hydroxylation is 1. The molecule has 2 heterocycles.